The highest BCUT2D eigenvalue weighted by molar-refractivity contribution is 8.07. The highest BCUT2D eigenvalue weighted by Crippen LogP contribution is 2.42. The van der Waals surface area contributed by atoms with Gasteiger partial charge in [0.25, 0.3) is 0 Å². The maximum absolute atomic E-state index is 5.75. The van der Waals surface area contributed by atoms with Gasteiger partial charge in [-0.25, -0.2) is 0 Å². The predicted molar refractivity (Wildman–Crippen MR) is 97.1 cm³/mol. The molecule has 3 atom stereocenters. The lowest BCUT2D eigenvalue weighted by Crippen LogP contribution is -2.38. The molecule has 0 bridgehead atoms. The summed E-state index contributed by atoms with van der Waals surface area (Å²) in [5.74, 6) is 3.57. The fourth-order valence-corrected chi connectivity index (χ4v) is 5.90. The topological polar surface area (TPSA) is 21.3 Å². The van der Waals surface area contributed by atoms with Crippen molar-refractivity contribution >= 4 is 23.5 Å². The van der Waals surface area contributed by atoms with Gasteiger partial charge in [-0.3, -0.25) is 0 Å². The molecule has 0 amide bonds. The first-order chi connectivity index (χ1) is 10.1. The van der Waals surface area contributed by atoms with Crippen molar-refractivity contribution in [3.05, 3.63) is 28.8 Å². The summed E-state index contributed by atoms with van der Waals surface area (Å²) in [6.07, 6.45) is 0. The fraction of sp³-hybridized carbons (Fsp3) is 0.647. The number of hydrogen-bond acceptors (Lipinski definition) is 4. The third-order valence-corrected chi connectivity index (χ3v) is 7.43. The summed E-state index contributed by atoms with van der Waals surface area (Å²) in [7, 11) is 1.79. The van der Waals surface area contributed by atoms with Gasteiger partial charge in [-0.15, -0.1) is 0 Å². The van der Waals surface area contributed by atoms with Crippen LogP contribution in [0, 0.1) is 13.8 Å². The second-order valence-corrected chi connectivity index (χ2v) is 8.35. The van der Waals surface area contributed by atoms with Crippen LogP contribution in [0.2, 0.25) is 0 Å². The van der Waals surface area contributed by atoms with Crippen LogP contribution >= 0.6 is 23.5 Å². The first kappa shape index (κ1) is 17.0. The number of aryl methyl sites for hydroxylation is 1. The van der Waals surface area contributed by atoms with Crippen molar-refractivity contribution < 1.29 is 4.74 Å². The molecule has 118 valence electrons. The van der Waals surface area contributed by atoms with E-state index in [1.807, 2.05) is 0 Å². The van der Waals surface area contributed by atoms with Crippen LogP contribution in [-0.2, 0) is 0 Å². The number of benzene rings is 1. The van der Waals surface area contributed by atoms with Crippen molar-refractivity contribution in [1.29, 1.82) is 0 Å². The van der Waals surface area contributed by atoms with Crippen LogP contribution in [0.4, 0.5) is 0 Å². The number of nitrogens with one attached hydrogen (secondary N) is 1. The molecule has 0 saturated carbocycles. The molecule has 4 heteroatoms. The Labute approximate surface area is 137 Å². The molecule has 1 saturated heterocycles. The lowest BCUT2D eigenvalue weighted by Gasteiger charge is -2.36. The highest BCUT2D eigenvalue weighted by Gasteiger charge is 2.32. The maximum atomic E-state index is 5.75. The van der Waals surface area contributed by atoms with Crippen molar-refractivity contribution in [3.8, 4) is 5.75 Å². The molecule has 1 heterocycles. The second-order valence-electron chi connectivity index (χ2n) is 5.58. The van der Waals surface area contributed by atoms with E-state index in [4.69, 9.17) is 4.74 Å². The Balaban J connectivity index is 2.40. The molecule has 0 aromatic heterocycles. The van der Waals surface area contributed by atoms with Crippen molar-refractivity contribution in [2.45, 2.75) is 44.2 Å². The van der Waals surface area contributed by atoms with Gasteiger partial charge in [0.15, 0.2) is 0 Å². The molecule has 1 aliphatic heterocycles. The molecule has 3 unspecified atom stereocenters. The van der Waals surface area contributed by atoms with E-state index in [9.17, 15) is 0 Å². The zero-order valence-corrected chi connectivity index (χ0v) is 15.4. The number of hydrogen-bond donors (Lipinski definition) is 1. The van der Waals surface area contributed by atoms with Crippen LogP contribution in [0.15, 0.2) is 12.1 Å². The van der Waals surface area contributed by atoms with Crippen molar-refractivity contribution in [3.63, 3.8) is 0 Å². The van der Waals surface area contributed by atoms with Crippen LogP contribution < -0.4 is 10.1 Å². The third kappa shape index (κ3) is 3.72. The van der Waals surface area contributed by atoms with E-state index in [0.29, 0.717) is 16.5 Å². The normalized spacial score (nSPS) is 23.9. The Kier molecular flexibility index (Phi) is 6.33. The lowest BCUT2D eigenvalue weighted by atomic mass is 9.95. The fourth-order valence-electron chi connectivity index (χ4n) is 2.97. The van der Waals surface area contributed by atoms with Crippen LogP contribution in [0.1, 0.15) is 36.6 Å². The Morgan fingerprint density at radius 2 is 2.00 bits per heavy atom. The predicted octanol–water partition coefficient (Wildman–Crippen LogP) is 4.20. The summed E-state index contributed by atoms with van der Waals surface area (Å²) in [4.78, 5) is 0. The van der Waals surface area contributed by atoms with E-state index in [1.165, 1.54) is 28.2 Å². The summed E-state index contributed by atoms with van der Waals surface area (Å²) < 4.78 is 5.75. The van der Waals surface area contributed by atoms with E-state index in [2.05, 4.69) is 68.7 Å². The van der Waals surface area contributed by atoms with Crippen molar-refractivity contribution in [2.24, 2.45) is 0 Å². The SMILES string of the molecule is CCNC(c1ccc(C)c(C)c1OC)C1SCCSC1C. The van der Waals surface area contributed by atoms with Gasteiger partial charge in [0.1, 0.15) is 5.75 Å². The number of thioether (sulfide) groups is 2. The van der Waals surface area contributed by atoms with Gasteiger partial charge < -0.3 is 10.1 Å². The molecule has 1 N–H and O–H groups in total. The summed E-state index contributed by atoms with van der Waals surface area (Å²) >= 11 is 4.20. The average molecular weight is 326 g/mol. The number of methoxy groups -OCH3 is 1. The minimum Gasteiger partial charge on any atom is -0.496 e. The summed E-state index contributed by atoms with van der Waals surface area (Å²) in [5, 5.41) is 4.97. The maximum Gasteiger partial charge on any atom is 0.126 e. The highest BCUT2D eigenvalue weighted by atomic mass is 32.2. The van der Waals surface area contributed by atoms with Gasteiger partial charge in [-0.1, -0.05) is 26.0 Å². The van der Waals surface area contributed by atoms with Crippen LogP contribution in [-0.4, -0.2) is 35.7 Å². The van der Waals surface area contributed by atoms with Crippen LogP contribution in [0.25, 0.3) is 0 Å². The molecule has 1 aliphatic rings. The Morgan fingerprint density at radius 3 is 2.62 bits per heavy atom. The smallest absolute Gasteiger partial charge is 0.126 e. The zero-order chi connectivity index (χ0) is 15.4. The largest absolute Gasteiger partial charge is 0.496 e. The van der Waals surface area contributed by atoms with Gasteiger partial charge >= 0.3 is 0 Å². The van der Waals surface area contributed by atoms with E-state index < -0.39 is 0 Å². The molecule has 1 fully saturated rings. The Bertz CT molecular complexity index is 478. The molecule has 1 aromatic carbocycles. The number of rotatable bonds is 5. The van der Waals surface area contributed by atoms with Crippen LogP contribution in [0.5, 0.6) is 5.75 Å². The number of ether oxygens (including phenoxy) is 1. The molecular weight excluding hydrogens is 298 g/mol. The van der Waals surface area contributed by atoms with Gasteiger partial charge in [0, 0.05) is 33.6 Å². The van der Waals surface area contributed by atoms with E-state index in [-0.39, 0.29) is 0 Å². The van der Waals surface area contributed by atoms with Gasteiger partial charge in [0.05, 0.1) is 7.11 Å². The molecule has 0 spiro atoms. The van der Waals surface area contributed by atoms with Crippen molar-refractivity contribution in [2.75, 3.05) is 25.2 Å². The zero-order valence-electron chi connectivity index (χ0n) is 13.7. The van der Waals surface area contributed by atoms with Crippen molar-refractivity contribution in [1.82, 2.24) is 5.32 Å². The monoisotopic (exact) mass is 325 g/mol. The summed E-state index contributed by atoms with van der Waals surface area (Å²) in [6.45, 7) is 9.84. The molecule has 2 nitrogen and oxygen atoms in total. The second kappa shape index (κ2) is 7.80. The molecule has 1 aromatic rings. The first-order valence-electron chi connectivity index (χ1n) is 7.70. The minimum atomic E-state index is 0.358. The van der Waals surface area contributed by atoms with Gasteiger partial charge in [-0.2, -0.15) is 23.5 Å². The average Bonchev–Trinajstić information content (AvgIpc) is 2.48. The Morgan fingerprint density at radius 1 is 1.29 bits per heavy atom. The van der Waals surface area contributed by atoms with E-state index >= 15 is 0 Å². The first-order valence-corrected chi connectivity index (χ1v) is 9.80. The molecule has 0 radical (unpaired) electrons. The van der Waals surface area contributed by atoms with E-state index in [0.717, 1.165) is 12.3 Å². The molecule has 0 aliphatic carbocycles. The summed E-state index contributed by atoms with van der Waals surface area (Å²) in [5.41, 5.74) is 3.87. The quantitative estimate of drug-likeness (QED) is 0.875. The lowest BCUT2D eigenvalue weighted by molar-refractivity contribution is 0.394. The summed E-state index contributed by atoms with van der Waals surface area (Å²) in [6, 6.07) is 4.83. The molecule has 2 rings (SSSR count). The van der Waals surface area contributed by atoms with E-state index in [1.54, 1.807) is 7.11 Å². The standard InChI is InChI=1S/C17H27NOS2/c1-6-18-15(17-13(4)20-9-10-21-17)14-8-7-11(2)12(3)16(14)19-5/h7-8,13,15,17-18H,6,9-10H2,1-5H3. The molecular formula is C17H27NOS2. The minimum absolute atomic E-state index is 0.358. The Hall–Kier alpha value is -0.320. The molecule has 21 heavy (non-hydrogen) atoms. The van der Waals surface area contributed by atoms with Gasteiger partial charge in [-0.05, 0) is 31.5 Å². The van der Waals surface area contributed by atoms with Crippen LogP contribution in [0.3, 0.4) is 0 Å². The van der Waals surface area contributed by atoms with Gasteiger partial charge in [0.2, 0.25) is 0 Å². The third-order valence-electron chi connectivity index (χ3n) is 4.24.